The van der Waals surface area contributed by atoms with Gasteiger partial charge < -0.3 is 0 Å². The second-order valence-corrected chi connectivity index (χ2v) is 3.15. The van der Waals surface area contributed by atoms with Gasteiger partial charge in [0.2, 0.25) is 0 Å². The van der Waals surface area contributed by atoms with E-state index in [-0.39, 0.29) is 5.92 Å². The van der Waals surface area contributed by atoms with E-state index in [9.17, 15) is 4.39 Å². The summed E-state index contributed by atoms with van der Waals surface area (Å²) in [4.78, 5) is 0. The molecule has 0 saturated heterocycles. The number of halogens is 2. The minimum atomic E-state index is -1.17. The van der Waals surface area contributed by atoms with Crippen molar-refractivity contribution in [3.63, 3.8) is 0 Å². The Hall–Kier alpha value is -0.110. The molecule has 0 heterocycles. The monoisotopic (exact) mass is 204 g/mol. The number of hydrogen-bond donors (Lipinski definition) is 0. The van der Waals surface area contributed by atoms with E-state index >= 15 is 0 Å². The van der Waals surface area contributed by atoms with Crippen molar-refractivity contribution in [2.45, 2.75) is 12.6 Å². The SMILES string of the molecule is CC1C=CC=CC1(F)CBr. The molecule has 0 aliphatic heterocycles. The molecule has 0 N–H and O–H groups in total. The third-order valence-electron chi connectivity index (χ3n) is 1.85. The summed E-state index contributed by atoms with van der Waals surface area (Å²) >= 11 is 3.15. The first-order valence-corrected chi connectivity index (χ1v) is 4.42. The van der Waals surface area contributed by atoms with Gasteiger partial charge in [0.25, 0.3) is 0 Å². The highest BCUT2D eigenvalue weighted by Gasteiger charge is 2.31. The van der Waals surface area contributed by atoms with E-state index in [0.29, 0.717) is 5.33 Å². The standard InChI is InChI=1S/C8H10BrF/c1-7-4-2-3-5-8(7,10)6-9/h2-5,7H,6H2,1H3. The van der Waals surface area contributed by atoms with Gasteiger partial charge >= 0.3 is 0 Å². The molecule has 0 aromatic carbocycles. The average Bonchev–Trinajstić information content (AvgIpc) is 1.96. The van der Waals surface area contributed by atoms with E-state index in [0.717, 1.165) is 0 Å². The second kappa shape index (κ2) is 2.87. The summed E-state index contributed by atoms with van der Waals surface area (Å²) in [6.45, 7) is 1.88. The Morgan fingerprint density at radius 3 is 2.70 bits per heavy atom. The van der Waals surface area contributed by atoms with Crippen molar-refractivity contribution < 1.29 is 4.39 Å². The van der Waals surface area contributed by atoms with E-state index in [1.807, 2.05) is 19.1 Å². The van der Waals surface area contributed by atoms with Crippen molar-refractivity contribution in [1.29, 1.82) is 0 Å². The van der Waals surface area contributed by atoms with Crippen molar-refractivity contribution in [3.8, 4) is 0 Å². The average molecular weight is 205 g/mol. The molecule has 0 amide bonds. The summed E-state index contributed by atoms with van der Waals surface area (Å²) in [6, 6.07) is 0. The summed E-state index contributed by atoms with van der Waals surface area (Å²) in [7, 11) is 0. The highest BCUT2D eigenvalue weighted by Crippen LogP contribution is 2.29. The van der Waals surface area contributed by atoms with Crippen LogP contribution in [0.15, 0.2) is 24.3 Å². The molecule has 0 spiro atoms. The Morgan fingerprint density at radius 2 is 2.30 bits per heavy atom. The first-order valence-electron chi connectivity index (χ1n) is 3.30. The largest absolute Gasteiger partial charge is 0.238 e. The summed E-state index contributed by atoms with van der Waals surface area (Å²) in [5.41, 5.74) is -1.17. The third kappa shape index (κ3) is 1.31. The first kappa shape index (κ1) is 7.99. The van der Waals surface area contributed by atoms with Crippen LogP contribution in [-0.2, 0) is 0 Å². The molecule has 10 heavy (non-hydrogen) atoms. The second-order valence-electron chi connectivity index (χ2n) is 2.59. The molecule has 2 unspecified atom stereocenters. The smallest absolute Gasteiger partial charge is 0.145 e. The van der Waals surface area contributed by atoms with Crippen molar-refractivity contribution >= 4 is 15.9 Å². The summed E-state index contributed by atoms with van der Waals surface area (Å²) in [5.74, 6) is -0.0168. The highest BCUT2D eigenvalue weighted by molar-refractivity contribution is 9.09. The van der Waals surface area contributed by atoms with Gasteiger partial charge in [0, 0.05) is 11.2 Å². The Labute approximate surface area is 68.9 Å². The minimum Gasteiger partial charge on any atom is -0.238 e. The van der Waals surface area contributed by atoms with Crippen molar-refractivity contribution in [2.75, 3.05) is 5.33 Å². The zero-order valence-electron chi connectivity index (χ0n) is 5.85. The molecule has 0 aromatic rings. The topological polar surface area (TPSA) is 0 Å². The zero-order valence-corrected chi connectivity index (χ0v) is 7.44. The maximum Gasteiger partial charge on any atom is 0.145 e. The van der Waals surface area contributed by atoms with Crippen LogP contribution < -0.4 is 0 Å². The molecule has 1 rings (SSSR count). The van der Waals surface area contributed by atoms with Crippen molar-refractivity contribution in [2.24, 2.45) is 5.92 Å². The number of rotatable bonds is 1. The van der Waals surface area contributed by atoms with Crippen LogP contribution in [0.2, 0.25) is 0 Å². The Morgan fingerprint density at radius 1 is 1.60 bits per heavy atom. The van der Waals surface area contributed by atoms with Gasteiger partial charge in [-0.05, 0) is 6.08 Å². The quantitative estimate of drug-likeness (QED) is 0.577. The van der Waals surface area contributed by atoms with E-state index in [1.165, 1.54) is 0 Å². The van der Waals surface area contributed by atoms with Crippen molar-refractivity contribution in [3.05, 3.63) is 24.3 Å². The van der Waals surface area contributed by atoms with Gasteiger partial charge in [-0.25, -0.2) is 4.39 Å². The molecule has 0 fully saturated rings. The van der Waals surface area contributed by atoms with Crippen LogP contribution in [0.5, 0.6) is 0 Å². The molecular formula is C8H10BrF. The summed E-state index contributed by atoms with van der Waals surface area (Å²) in [6.07, 6.45) is 7.11. The predicted octanol–water partition coefficient (Wildman–Crippen LogP) is 2.85. The van der Waals surface area contributed by atoms with Crippen LogP contribution >= 0.6 is 15.9 Å². The van der Waals surface area contributed by atoms with Crippen LogP contribution in [0.1, 0.15) is 6.92 Å². The van der Waals surface area contributed by atoms with E-state index in [2.05, 4.69) is 15.9 Å². The molecule has 0 radical (unpaired) electrons. The molecule has 56 valence electrons. The molecule has 2 heteroatoms. The van der Waals surface area contributed by atoms with Crippen LogP contribution in [0.4, 0.5) is 4.39 Å². The van der Waals surface area contributed by atoms with Gasteiger partial charge in [-0.3, -0.25) is 0 Å². The fourth-order valence-corrected chi connectivity index (χ4v) is 1.62. The van der Waals surface area contributed by atoms with Crippen molar-refractivity contribution in [1.82, 2.24) is 0 Å². The number of allylic oxidation sites excluding steroid dienone is 4. The first-order chi connectivity index (χ1) is 4.69. The van der Waals surface area contributed by atoms with Crippen LogP contribution in [0.25, 0.3) is 0 Å². The number of alkyl halides is 2. The van der Waals surface area contributed by atoms with Gasteiger partial charge in [0.1, 0.15) is 5.67 Å². The summed E-state index contributed by atoms with van der Waals surface area (Å²) < 4.78 is 13.5. The molecule has 0 aromatic heterocycles. The lowest BCUT2D eigenvalue weighted by molar-refractivity contribution is 0.207. The van der Waals surface area contributed by atoms with E-state index in [1.54, 1.807) is 12.2 Å². The lowest BCUT2D eigenvalue weighted by atomic mass is 9.89. The van der Waals surface area contributed by atoms with E-state index in [4.69, 9.17) is 0 Å². The van der Waals surface area contributed by atoms with Gasteiger partial charge in [-0.2, -0.15) is 0 Å². The molecule has 2 atom stereocenters. The predicted molar refractivity (Wildman–Crippen MR) is 45.1 cm³/mol. The molecule has 0 saturated carbocycles. The van der Waals surface area contributed by atoms with Gasteiger partial charge in [-0.1, -0.05) is 41.1 Å². The van der Waals surface area contributed by atoms with Crippen LogP contribution in [-0.4, -0.2) is 11.0 Å². The fourth-order valence-electron chi connectivity index (χ4n) is 0.924. The third-order valence-corrected chi connectivity index (χ3v) is 2.71. The number of hydrogen-bond acceptors (Lipinski definition) is 0. The molecule has 1 aliphatic rings. The Kier molecular flexibility index (Phi) is 2.29. The Balaban J connectivity index is 2.77. The molecule has 0 nitrogen and oxygen atoms in total. The normalized spacial score (nSPS) is 38.5. The lowest BCUT2D eigenvalue weighted by Crippen LogP contribution is -2.30. The Bertz CT molecular complexity index is 174. The highest BCUT2D eigenvalue weighted by atomic mass is 79.9. The van der Waals surface area contributed by atoms with Crippen LogP contribution in [0, 0.1) is 5.92 Å². The maximum atomic E-state index is 13.5. The molecule has 0 bridgehead atoms. The van der Waals surface area contributed by atoms with Gasteiger partial charge in [0.15, 0.2) is 0 Å². The van der Waals surface area contributed by atoms with Crippen LogP contribution in [0.3, 0.4) is 0 Å². The zero-order chi connectivity index (χ0) is 7.61. The molecule has 1 aliphatic carbocycles. The lowest BCUT2D eigenvalue weighted by Gasteiger charge is -2.25. The fraction of sp³-hybridized carbons (Fsp3) is 0.500. The summed E-state index contributed by atoms with van der Waals surface area (Å²) in [5, 5.41) is 0.377. The van der Waals surface area contributed by atoms with E-state index < -0.39 is 5.67 Å². The maximum absolute atomic E-state index is 13.5. The van der Waals surface area contributed by atoms with Gasteiger partial charge in [-0.15, -0.1) is 0 Å². The molecular weight excluding hydrogens is 195 g/mol. The van der Waals surface area contributed by atoms with Gasteiger partial charge in [0.05, 0.1) is 0 Å². The minimum absolute atomic E-state index is 0.0168.